The molecule has 0 spiro atoms. The number of amides is 1. The zero-order chi connectivity index (χ0) is 24.2. The first-order valence-corrected chi connectivity index (χ1v) is 11.1. The third-order valence-corrected chi connectivity index (χ3v) is 5.92. The van der Waals surface area contributed by atoms with Gasteiger partial charge in [0.2, 0.25) is 5.91 Å². The maximum atomic E-state index is 12.6. The van der Waals surface area contributed by atoms with E-state index in [4.69, 9.17) is 11.6 Å². The van der Waals surface area contributed by atoms with E-state index in [-0.39, 0.29) is 29.7 Å². The number of H-pyrrole nitrogens is 1. The molecule has 0 atom stereocenters. The third-order valence-electron chi connectivity index (χ3n) is 5.53. The largest absolute Gasteiger partial charge is 0.361 e. The first kappa shape index (κ1) is 23.1. The third kappa shape index (κ3) is 4.98. The number of anilines is 1. The lowest BCUT2D eigenvalue weighted by molar-refractivity contribution is -0.116. The Morgan fingerprint density at radius 3 is 2.65 bits per heavy atom. The molecule has 8 heteroatoms. The minimum absolute atomic E-state index is 0.0409. The van der Waals surface area contributed by atoms with Gasteiger partial charge in [0.15, 0.2) is 0 Å². The Morgan fingerprint density at radius 2 is 1.88 bits per heavy atom. The van der Waals surface area contributed by atoms with Crippen molar-refractivity contribution in [2.45, 2.75) is 26.3 Å². The number of carbonyl (C=O) groups is 1. The van der Waals surface area contributed by atoms with E-state index in [0.717, 1.165) is 32.2 Å². The number of nitrogens with one attached hydrogen (secondary N) is 2. The van der Waals surface area contributed by atoms with Crippen LogP contribution in [-0.2, 0) is 24.8 Å². The van der Waals surface area contributed by atoms with Gasteiger partial charge < -0.3 is 10.3 Å². The maximum Gasteiger partial charge on any atom is 0.332 e. The average molecular weight is 475 g/mol. The highest BCUT2D eigenvalue weighted by atomic mass is 35.5. The SMILES string of the molecule is Cc1ccc(CCC(=O)Nc2c(Cl)n(CC#Cc3ccc4cc[nH]c4c3)c(=O)n(C)c2=O)cc1. The number of carbonyl (C=O) groups excluding carboxylic acids is 1. The van der Waals surface area contributed by atoms with Crippen LogP contribution in [0.25, 0.3) is 10.9 Å². The van der Waals surface area contributed by atoms with Crippen molar-refractivity contribution in [3.63, 3.8) is 0 Å². The molecule has 0 bridgehead atoms. The molecular weight excluding hydrogens is 452 g/mol. The molecule has 2 heterocycles. The Kier molecular flexibility index (Phi) is 6.71. The summed E-state index contributed by atoms with van der Waals surface area (Å²) in [5, 5.41) is 3.50. The predicted octanol–water partition coefficient (Wildman–Crippen LogP) is 3.61. The van der Waals surface area contributed by atoms with Gasteiger partial charge in [0, 0.05) is 30.7 Å². The van der Waals surface area contributed by atoms with Gasteiger partial charge in [-0.1, -0.05) is 59.3 Å². The van der Waals surface area contributed by atoms with Crippen LogP contribution in [0.1, 0.15) is 23.1 Å². The maximum absolute atomic E-state index is 12.6. The molecule has 172 valence electrons. The van der Waals surface area contributed by atoms with E-state index in [1.165, 1.54) is 11.6 Å². The van der Waals surface area contributed by atoms with Crippen molar-refractivity contribution < 1.29 is 4.79 Å². The summed E-state index contributed by atoms with van der Waals surface area (Å²) in [5.41, 5.74) is 2.47. The van der Waals surface area contributed by atoms with Gasteiger partial charge in [-0.25, -0.2) is 4.79 Å². The lowest BCUT2D eigenvalue weighted by Gasteiger charge is -2.13. The number of hydrogen-bond acceptors (Lipinski definition) is 3. The monoisotopic (exact) mass is 474 g/mol. The molecule has 2 N–H and O–H groups in total. The van der Waals surface area contributed by atoms with Crippen LogP contribution in [0.3, 0.4) is 0 Å². The normalized spacial score (nSPS) is 10.7. The van der Waals surface area contributed by atoms with Crippen LogP contribution in [0.4, 0.5) is 5.69 Å². The van der Waals surface area contributed by atoms with Crippen LogP contribution in [0.15, 0.2) is 64.3 Å². The highest BCUT2D eigenvalue weighted by molar-refractivity contribution is 6.32. The quantitative estimate of drug-likeness (QED) is 0.342. The van der Waals surface area contributed by atoms with Gasteiger partial charge in [0.25, 0.3) is 5.56 Å². The lowest BCUT2D eigenvalue weighted by Crippen LogP contribution is -2.40. The summed E-state index contributed by atoms with van der Waals surface area (Å²) in [4.78, 5) is 40.9. The molecule has 2 aromatic heterocycles. The molecule has 4 rings (SSSR count). The van der Waals surface area contributed by atoms with Crippen molar-refractivity contribution in [3.8, 4) is 11.8 Å². The van der Waals surface area contributed by atoms with E-state index in [0.29, 0.717) is 6.42 Å². The Morgan fingerprint density at radius 1 is 1.12 bits per heavy atom. The molecule has 2 aromatic carbocycles. The number of nitrogens with zero attached hydrogens (tertiary/aromatic N) is 2. The minimum atomic E-state index is -0.667. The molecule has 0 fully saturated rings. The molecule has 0 unspecified atom stereocenters. The van der Waals surface area contributed by atoms with E-state index in [1.807, 2.05) is 61.7 Å². The number of hydrogen-bond donors (Lipinski definition) is 2. The molecular formula is C26H23ClN4O3. The van der Waals surface area contributed by atoms with Crippen molar-refractivity contribution in [3.05, 3.63) is 97.4 Å². The van der Waals surface area contributed by atoms with Gasteiger partial charge >= 0.3 is 5.69 Å². The van der Waals surface area contributed by atoms with E-state index in [1.54, 1.807) is 0 Å². The minimum Gasteiger partial charge on any atom is -0.361 e. The summed E-state index contributed by atoms with van der Waals surface area (Å²) in [5.74, 6) is 5.56. The van der Waals surface area contributed by atoms with Gasteiger partial charge in [0.05, 0.1) is 6.54 Å². The van der Waals surface area contributed by atoms with Crippen LogP contribution < -0.4 is 16.6 Å². The average Bonchev–Trinajstić information content (AvgIpc) is 3.30. The van der Waals surface area contributed by atoms with Crippen LogP contribution in [0, 0.1) is 18.8 Å². The van der Waals surface area contributed by atoms with Crippen LogP contribution in [0.2, 0.25) is 5.15 Å². The molecule has 0 aliphatic carbocycles. The fraction of sp³-hybridized carbons (Fsp3) is 0.192. The Bertz CT molecular complexity index is 1550. The fourth-order valence-corrected chi connectivity index (χ4v) is 3.81. The van der Waals surface area contributed by atoms with Crippen molar-refractivity contribution in [1.29, 1.82) is 0 Å². The molecule has 0 saturated heterocycles. The number of aryl methyl sites for hydroxylation is 2. The van der Waals surface area contributed by atoms with Gasteiger partial charge in [-0.3, -0.25) is 18.7 Å². The molecule has 0 saturated carbocycles. The summed E-state index contributed by atoms with van der Waals surface area (Å²) in [7, 11) is 1.34. The number of halogens is 1. The van der Waals surface area contributed by atoms with Crippen molar-refractivity contribution in [1.82, 2.24) is 14.1 Å². The van der Waals surface area contributed by atoms with Gasteiger partial charge in [-0.15, -0.1) is 0 Å². The van der Waals surface area contributed by atoms with E-state index >= 15 is 0 Å². The summed E-state index contributed by atoms with van der Waals surface area (Å²) >= 11 is 6.38. The van der Waals surface area contributed by atoms with Gasteiger partial charge in [0.1, 0.15) is 10.8 Å². The lowest BCUT2D eigenvalue weighted by atomic mass is 10.1. The zero-order valence-corrected chi connectivity index (χ0v) is 19.6. The van der Waals surface area contributed by atoms with Gasteiger partial charge in [-0.05, 0) is 42.5 Å². The van der Waals surface area contributed by atoms with Crippen LogP contribution >= 0.6 is 11.6 Å². The Labute approximate surface area is 201 Å². The molecule has 4 aromatic rings. The molecule has 0 aliphatic rings. The molecule has 34 heavy (non-hydrogen) atoms. The first-order chi connectivity index (χ1) is 16.3. The summed E-state index contributed by atoms with van der Waals surface area (Å²) in [6.07, 6.45) is 2.53. The molecule has 7 nitrogen and oxygen atoms in total. The summed E-state index contributed by atoms with van der Waals surface area (Å²) < 4.78 is 2.08. The smallest absolute Gasteiger partial charge is 0.332 e. The fourth-order valence-electron chi connectivity index (χ4n) is 3.55. The van der Waals surface area contributed by atoms with E-state index in [9.17, 15) is 14.4 Å². The first-order valence-electron chi connectivity index (χ1n) is 10.7. The number of benzene rings is 2. The van der Waals surface area contributed by atoms with Crippen molar-refractivity contribution in [2.75, 3.05) is 5.32 Å². The topological polar surface area (TPSA) is 88.9 Å². The number of fused-ring (bicyclic) bond motifs is 1. The highest BCUT2D eigenvalue weighted by Crippen LogP contribution is 2.17. The molecule has 1 amide bonds. The highest BCUT2D eigenvalue weighted by Gasteiger charge is 2.17. The molecule has 0 aliphatic heterocycles. The second-order valence-corrected chi connectivity index (χ2v) is 8.37. The van der Waals surface area contributed by atoms with Gasteiger partial charge in [-0.2, -0.15) is 0 Å². The van der Waals surface area contributed by atoms with Crippen LogP contribution in [0.5, 0.6) is 0 Å². The standard InChI is InChI=1S/C26H23ClN4O3/c1-17-5-7-18(8-6-17)10-12-22(32)29-23-24(27)31(26(34)30(2)25(23)33)15-3-4-19-9-11-20-13-14-28-21(20)16-19/h5-9,11,13-14,16,28H,10,12,15H2,1-2H3,(H,29,32). The number of aromatic amines is 1. The van der Waals surface area contributed by atoms with Crippen LogP contribution in [-0.4, -0.2) is 20.0 Å². The Balaban J connectivity index is 1.53. The second-order valence-electron chi connectivity index (χ2n) is 8.01. The predicted molar refractivity (Wildman–Crippen MR) is 134 cm³/mol. The Hall–Kier alpha value is -4.02. The number of aromatic nitrogens is 3. The summed E-state index contributed by atoms with van der Waals surface area (Å²) in [6, 6.07) is 15.6. The van der Waals surface area contributed by atoms with Crippen molar-refractivity contribution in [2.24, 2.45) is 7.05 Å². The molecule has 0 radical (unpaired) electrons. The van der Waals surface area contributed by atoms with Crippen molar-refractivity contribution >= 4 is 34.1 Å². The zero-order valence-electron chi connectivity index (χ0n) is 18.8. The van der Waals surface area contributed by atoms with E-state index < -0.39 is 11.2 Å². The van der Waals surface area contributed by atoms with E-state index in [2.05, 4.69) is 22.1 Å². The number of rotatable bonds is 5. The summed E-state index contributed by atoms with van der Waals surface area (Å²) in [6.45, 7) is 1.95. The second kappa shape index (κ2) is 9.86.